The predicted octanol–water partition coefficient (Wildman–Crippen LogP) is 3.74. The van der Waals surface area contributed by atoms with Crippen molar-refractivity contribution in [3.63, 3.8) is 0 Å². The highest BCUT2D eigenvalue weighted by Gasteiger charge is 2.32. The van der Waals surface area contributed by atoms with Gasteiger partial charge >= 0.3 is 0 Å². The molecule has 3 rings (SSSR count). The third-order valence-corrected chi connectivity index (χ3v) is 3.79. The van der Waals surface area contributed by atoms with Crippen LogP contribution in [0.3, 0.4) is 0 Å². The fourth-order valence-corrected chi connectivity index (χ4v) is 2.49. The molecular weight excluding hydrogens is 252 g/mol. The summed E-state index contributed by atoms with van der Waals surface area (Å²) in [6.07, 6.45) is 0.790. The van der Waals surface area contributed by atoms with E-state index in [4.69, 9.17) is 9.15 Å². The molecule has 0 spiro atoms. The van der Waals surface area contributed by atoms with Gasteiger partial charge in [0.15, 0.2) is 5.76 Å². The van der Waals surface area contributed by atoms with Crippen LogP contribution in [-0.4, -0.2) is 12.4 Å². The maximum Gasteiger partial charge on any atom is 0.228 e. The highest BCUT2D eigenvalue weighted by Crippen LogP contribution is 2.39. The van der Waals surface area contributed by atoms with E-state index in [0.29, 0.717) is 17.9 Å². The van der Waals surface area contributed by atoms with Gasteiger partial charge in [-0.05, 0) is 30.3 Å². The Morgan fingerprint density at radius 2 is 2.05 bits per heavy atom. The number of fused-ring (bicyclic) bond motifs is 1. The lowest BCUT2D eigenvalue weighted by Gasteiger charge is -2.15. The normalized spacial score (nSPS) is 15.8. The van der Waals surface area contributed by atoms with Crippen molar-refractivity contribution in [2.24, 2.45) is 0 Å². The number of furan rings is 1. The minimum absolute atomic E-state index is 0.0522. The van der Waals surface area contributed by atoms with Crippen molar-refractivity contribution in [3.8, 4) is 5.75 Å². The highest BCUT2D eigenvalue weighted by atomic mass is 16.5. The number of carbonyl (C=O) groups excluding carboxylic acids is 1. The van der Waals surface area contributed by atoms with E-state index < -0.39 is 0 Å². The van der Waals surface area contributed by atoms with Gasteiger partial charge in [0.05, 0.1) is 6.61 Å². The monoisotopic (exact) mass is 270 g/mol. The molecule has 1 aromatic carbocycles. The molecule has 20 heavy (non-hydrogen) atoms. The summed E-state index contributed by atoms with van der Waals surface area (Å²) in [6, 6.07) is 9.21. The summed E-state index contributed by atoms with van der Waals surface area (Å²) in [6.45, 7) is 6.90. The predicted molar refractivity (Wildman–Crippen MR) is 76.5 cm³/mol. The molecule has 1 aliphatic heterocycles. The summed E-state index contributed by atoms with van der Waals surface area (Å²) < 4.78 is 11.2. The second-order valence-corrected chi connectivity index (χ2v) is 5.83. The van der Waals surface area contributed by atoms with E-state index in [9.17, 15) is 4.79 Å². The van der Waals surface area contributed by atoms with Gasteiger partial charge in [-0.1, -0.05) is 20.8 Å². The first-order valence-corrected chi connectivity index (χ1v) is 6.92. The first-order valence-electron chi connectivity index (χ1n) is 6.92. The molecule has 0 aliphatic carbocycles. The van der Waals surface area contributed by atoms with Crippen LogP contribution < -0.4 is 4.74 Å². The maximum absolute atomic E-state index is 12.5. The molecule has 3 heteroatoms. The molecule has 0 amide bonds. The zero-order valence-electron chi connectivity index (χ0n) is 12.0. The van der Waals surface area contributed by atoms with Crippen molar-refractivity contribution < 1.29 is 13.9 Å². The Kier molecular flexibility index (Phi) is 2.93. The van der Waals surface area contributed by atoms with E-state index >= 15 is 0 Å². The number of aryl methyl sites for hydroxylation is 1. The van der Waals surface area contributed by atoms with Gasteiger partial charge in [0.25, 0.3) is 0 Å². The third-order valence-electron chi connectivity index (χ3n) is 3.79. The van der Waals surface area contributed by atoms with E-state index in [0.717, 1.165) is 23.5 Å². The van der Waals surface area contributed by atoms with Gasteiger partial charge in [-0.15, -0.1) is 0 Å². The molecule has 0 fully saturated rings. The van der Waals surface area contributed by atoms with Crippen molar-refractivity contribution in [2.75, 3.05) is 6.61 Å². The van der Waals surface area contributed by atoms with Gasteiger partial charge in [-0.25, -0.2) is 0 Å². The van der Waals surface area contributed by atoms with Crippen LogP contribution in [0.2, 0.25) is 0 Å². The lowest BCUT2D eigenvalue weighted by atomic mass is 9.85. The molecule has 0 atom stereocenters. The van der Waals surface area contributed by atoms with Gasteiger partial charge in [0, 0.05) is 23.0 Å². The number of ether oxygens (including phenoxy) is 1. The van der Waals surface area contributed by atoms with Crippen LogP contribution in [0.4, 0.5) is 0 Å². The number of benzene rings is 1. The van der Waals surface area contributed by atoms with E-state index in [1.807, 2.05) is 25.1 Å². The number of rotatable bonds is 3. The number of hydrogen-bond donors (Lipinski definition) is 0. The molecular formula is C17H18O3. The van der Waals surface area contributed by atoms with Gasteiger partial charge in [0.2, 0.25) is 5.78 Å². The topological polar surface area (TPSA) is 39.4 Å². The van der Waals surface area contributed by atoms with Crippen LogP contribution >= 0.6 is 0 Å². The quantitative estimate of drug-likeness (QED) is 0.797. The number of carbonyl (C=O) groups is 1. The minimum Gasteiger partial charge on any atom is -0.492 e. The van der Waals surface area contributed by atoms with Gasteiger partial charge in [-0.2, -0.15) is 0 Å². The minimum atomic E-state index is -0.0739. The molecule has 2 heterocycles. The molecule has 3 nitrogen and oxygen atoms in total. The van der Waals surface area contributed by atoms with Crippen molar-refractivity contribution >= 4 is 5.78 Å². The summed E-state index contributed by atoms with van der Waals surface area (Å²) in [4.78, 5) is 12.5. The molecule has 0 radical (unpaired) electrons. The Balaban J connectivity index is 1.97. The number of hydrogen-bond acceptors (Lipinski definition) is 3. The molecule has 104 valence electrons. The summed E-state index contributed by atoms with van der Waals surface area (Å²) in [5, 5.41) is 0. The zero-order chi connectivity index (χ0) is 14.3. The average molecular weight is 270 g/mol. The van der Waals surface area contributed by atoms with Gasteiger partial charge in [-0.3, -0.25) is 4.79 Å². The first-order chi connectivity index (χ1) is 9.51. The molecule has 0 saturated carbocycles. The fraction of sp³-hybridized carbons (Fsp3) is 0.353. The smallest absolute Gasteiger partial charge is 0.228 e. The van der Waals surface area contributed by atoms with Crippen molar-refractivity contribution in [1.82, 2.24) is 0 Å². The lowest BCUT2D eigenvalue weighted by molar-refractivity contribution is 0.101. The van der Waals surface area contributed by atoms with E-state index in [1.54, 1.807) is 12.1 Å². The molecule has 0 saturated heterocycles. The van der Waals surface area contributed by atoms with E-state index in [1.165, 1.54) is 0 Å². The summed E-state index contributed by atoms with van der Waals surface area (Å²) >= 11 is 0. The summed E-state index contributed by atoms with van der Waals surface area (Å²) in [7, 11) is 0. The second kappa shape index (κ2) is 4.51. The SMILES string of the molecule is CCc1ccc(C(=O)c2ccc3c(c2)C(C)(C)CO3)o1. The third kappa shape index (κ3) is 2.03. The molecule has 0 N–H and O–H groups in total. The Morgan fingerprint density at radius 1 is 1.25 bits per heavy atom. The Morgan fingerprint density at radius 3 is 2.75 bits per heavy atom. The van der Waals surface area contributed by atoms with Crippen molar-refractivity contribution in [3.05, 3.63) is 53.0 Å². The number of ketones is 1. The van der Waals surface area contributed by atoms with Gasteiger partial charge in [0.1, 0.15) is 11.5 Å². The van der Waals surface area contributed by atoms with Crippen LogP contribution in [0.1, 0.15) is 48.2 Å². The Hall–Kier alpha value is -2.03. The summed E-state index contributed by atoms with van der Waals surface area (Å²) in [5.74, 6) is 2.03. The van der Waals surface area contributed by atoms with Crippen LogP contribution in [0.5, 0.6) is 5.75 Å². The van der Waals surface area contributed by atoms with E-state index in [-0.39, 0.29) is 11.2 Å². The summed E-state index contributed by atoms with van der Waals surface area (Å²) in [5.41, 5.74) is 1.69. The highest BCUT2D eigenvalue weighted by molar-refractivity contribution is 6.07. The second-order valence-electron chi connectivity index (χ2n) is 5.83. The van der Waals surface area contributed by atoms with Crippen LogP contribution in [-0.2, 0) is 11.8 Å². The van der Waals surface area contributed by atoms with Crippen LogP contribution in [0.15, 0.2) is 34.7 Å². The molecule has 1 aliphatic rings. The average Bonchev–Trinajstić information content (AvgIpc) is 3.03. The standard InChI is InChI=1S/C17H18O3/c1-4-12-6-8-15(20-12)16(18)11-5-7-14-13(9-11)17(2,3)10-19-14/h5-9H,4,10H2,1-3H3. The first kappa shape index (κ1) is 13.0. The molecule has 0 unspecified atom stereocenters. The van der Waals surface area contributed by atoms with E-state index in [2.05, 4.69) is 13.8 Å². The Bertz CT molecular complexity index is 665. The Labute approximate surface area is 118 Å². The largest absolute Gasteiger partial charge is 0.492 e. The van der Waals surface area contributed by atoms with Crippen LogP contribution in [0, 0.1) is 0 Å². The van der Waals surface area contributed by atoms with Crippen LogP contribution in [0.25, 0.3) is 0 Å². The zero-order valence-corrected chi connectivity index (χ0v) is 12.0. The molecule has 0 bridgehead atoms. The van der Waals surface area contributed by atoms with Gasteiger partial charge < -0.3 is 9.15 Å². The van der Waals surface area contributed by atoms with Crippen molar-refractivity contribution in [1.29, 1.82) is 0 Å². The molecule has 2 aromatic rings. The molecule has 1 aromatic heterocycles. The fourth-order valence-electron chi connectivity index (χ4n) is 2.49. The lowest BCUT2D eigenvalue weighted by Crippen LogP contribution is -2.18. The maximum atomic E-state index is 12.5. The van der Waals surface area contributed by atoms with Crippen molar-refractivity contribution in [2.45, 2.75) is 32.6 Å².